The van der Waals surface area contributed by atoms with Gasteiger partial charge in [-0.2, -0.15) is 4.98 Å². The second kappa shape index (κ2) is 8.61. The van der Waals surface area contributed by atoms with Gasteiger partial charge in [-0.1, -0.05) is 0 Å². The number of fused-ring (bicyclic) bond motifs is 1. The normalized spacial score (nSPS) is 19.5. The molecule has 2 aromatic heterocycles. The lowest BCUT2D eigenvalue weighted by Crippen LogP contribution is -2.34. The molecule has 0 spiro atoms. The van der Waals surface area contributed by atoms with E-state index in [1.807, 2.05) is 32.3 Å². The average molecular weight is 445 g/mol. The van der Waals surface area contributed by atoms with Crippen molar-refractivity contribution < 1.29 is 13.9 Å². The lowest BCUT2D eigenvalue weighted by atomic mass is 9.77. The number of halogens is 2. The van der Waals surface area contributed by atoms with Gasteiger partial charge >= 0.3 is 0 Å². The molecular weight excluding hydrogens is 414 g/mol. The molecule has 3 aromatic rings. The van der Waals surface area contributed by atoms with Gasteiger partial charge in [-0.3, -0.25) is 4.57 Å². The van der Waals surface area contributed by atoms with Crippen molar-refractivity contribution in [1.82, 2.24) is 19.5 Å². The van der Waals surface area contributed by atoms with Crippen molar-refractivity contribution in [1.29, 1.82) is 0 Å². The molecular formula is C23H30F2N6O. The van der Waals surface area contributed by atoms with Gasteiger partial charge in [0, 0.05) is 18.2 Å². The first-order valence-corrected chi connectivity index (χ1v) is 11.1. The van der Waals surface area contributed by atoms with Crippen LogP contribution >= 0.6 is 0 Å². The van der Waals surface area contributed by atoms with Gasteiger partial charge in [0.05, 0.1) is 17.5 Å². The van der Waals surface area contributed by atoms with Crippen LogP contribution in [-0.2, 0) is 0 Å². The Morgan fingerprint density at radius 3 is 2.47 bits per heavy atom. The number of benzene rings is 1. The minimum Gasteiger partial charge on any atom is -0.390 e. The SMILES string of the molecule is CC(C)Nc1ncc2nc(Nc3ccc(F)cc3F)n([C@H]3CC[C@@H](C(C)(C)O)CC3)c2n1. The fourth-order valence-electron chi connectivity index (χ4n) is 4.40. The van der Waals surface area contributed by atoms with E-state index in [2.05, 4.69) is 20.6 Å². The van der Waals surface area contributed by atoms with Crippen LogP contribution in [0.3, 0.4) is 0 Å². The zero-order chi connectivity index (χ0) is 23.0. The zero-order valence-electron chi connectivity index (χ0n) is 18.9. The van der Waals surface area contributed by atoms with Crippen molar-refractivity contribution in [3.8, 4) is 0 Å². The highest BCUT2D eigenvalue weighted by Gasteiger charge is 2.33. The topological polar surface area (TPSA) is 87.9 Å². The Morgan fingerprint density at radius 2 is 1.84 bits per heavy atom. The van der Waals surface area contributed by atoms with Gasteiger partial charge in [-0.15, -0.1) is 0 Å². The van der Waals surface area contributed by atoms with Gasteiger partial charge in [-0.25, -0.2) is 18.7 Å². The fourth-order valence-corrected chi connectivity index (χ4v) is 4.40. The van der Waals surface area contributed by atoms with Crippen molar-refractivity contribution >= 4 is 28.7 Å². The monoisotopic (exact) mass is 444 g/mol. The summed E-state index contributed by atoms with van der Waals surface area (Å²) in [4.78, 5) is 13.7. The van der Waals surface area contributed by atoms with E-state index in [1.54, 1.807) is 6.20 Å². The molecule has 4 rings (SSSR count). The Bertz CT molecular complexity index is 1100. The molecule has 1 aromatic carbocycles. The van der Waals surface area contributed by atoms with Crippen LogP contribution in [-0.4, -0.2) is 36.3 Å². The van der Waals surface area contributed by atoms with E-state index in [4.69, 9.17) is 4.98 Å². The van der Waals surface area contributed by atoms with Crippen molar-refractivity contribution in [2.45, 2.75) is 71.1 Å². The molecule has 32 heavy (non-hydrogen) atoms. The Balaban J connectivity index is 1.73. The number of nitrogens with zero attached hydrogens (tertiary/aromatic N) is 4. The van der Waals surface area contributed by atoms with Crippen LogP contribution in [0.4, 0.5) is 26.4 Å². The molecule has 0 atom stereocenters. The highest BCUT2D eigenvalue weighted by atomic mass is 19.1. The van der Waals surface area contributed by atoms with Crippen molar-refractivity contribution in [2.24, 2.45) is 5.92 Å². The van der Waals surface area contributed by atoms with Crippen LogP contribution in [0.2, 0.25) is 0 Å². The van der Waals surface area contributed by atoms with Gasteiger partial charge in [0.1, 0.15) is 17.2 Å². The lowest BCUT2D eigenvalue weighted by Gasteiger charge is -2.36. The fraction of sp³-hybridized carbons (Fsp3) is 0.522. The third-order valence-corrected chi connectivity index (χ3v) is 6.09. The smallest absolute Gasteiger partial charge is 0.224 e. The molecule has 1 aliphatic carbocycles. The molecule has 0 unspecified atom stereocenters. The van der Waals surface area contributed by atoms with Crippen LogP contribution < -0.4 is 10.6 Å². The van der Waals surface area contributed by atoms with Gasteiger partial charge in [-0.05, 0) is 71.4 Å². The zero-order valence-corrected chi connectivity index (χ0v) is 18.9. The lowest BCUT2D eigenvalue weighted by molar-refractivity contribution is -0.00457. The maximum Gasteiger partial charge on any atom is 0.224 e. The summed E-state index contributed by atoms with van der Waals surface area (Å²) < 4.78 is 29.7. The Morgan fingerprint density at radius 1 is 1.12 bits per heavy atom. The first-order valence-electron chi connectivity index (χ1n) is 11.1. The second-order valence-electron chi connectivity index (χ2n) is 9.42. The van der Waals surface area contributed by atoms with Gasteiger partial charge in [0.25, 0.3) is 0 Å². The molecule has 0 aliphatic heterocycles. The summed E-state index contributed by atoms with van der Waals surface area (Å²) in [6, 6.07) is 3.64. The number of anilines is 3. The molecule has 9 heteroatoms. The first kappa shape index (κ1) is 22.4. The Labute approximate surface area is 186 Å². The number of hydrogen-bond acceptors (Lipinski definition) is 6. The average Bonchev–Trinajstić information content (AvgIpc) is 3.06. The third-order valence-electron chi connectivity index (χ3n) is 6.09. The minimum atomic E-state index is -0.725. The van der Waals surface area contributed by atoms with Crippen molar-refractivity contribution in [2.75, 3.05) is 10.6 Å². The minimum absolute atomic E-state index is 0.0754. The molecule has 7 nitrogen and oxygen atoms in total. The number of nitrogens with one attached hydrogen (secondary N) is 2. The Kier molecular flexibility index (Phi) is 6.03. The van der Waals surface area contributed by atoms with Crippen LogP contribution in [0.25, 0.3) is 11.2 Å². The largest absolute Gasteiger partial charge is 0.390 e. The standard InChI is InChI=1S/C23H30F2N6O/c1-13(2)27-21-26-12-19-20(30-21)31(16-8-5-14(6-9-16)23(3,4)32)22(29-19)28-18-10-7-15(24)11-17(18)25/h7,10-14,16,32H,5-6,8-9H2,1-4H3,(H,28,29)(H,26,27,30)/t14-,16+. The van der Waals surface area contributed by atoms with E-state index >= 15 is 0 Å². The van der Waals surface area contributed by atoms with Crippen molar-refractivity contribution in [3.63, 3.8) is 0 Å². The van der Waals surface area contributed by atoms with Crippen LogP contribution in [0, 0.1) is 17.6 Å². The number of rotatable bonds is 6. The summed E-state index contributed by atoms with van der Waals surface area (Å²) >= 11 is 0. The Hall–Kier alpha value is -2.81. The molecule has 1 fully saturated rings. The molecule has 1 saturated carbocycles. The summed E-state index contributed by atoms with van der Waals surface area (Å²) in [7, 11) is 0. The number of aliphatic hydroxyl groups is 1. The van der Waals surface area contributed by atoms with Crippen LogP contribution in [0.15, 0.2) is 24.4 Å². The van der Waals surface area contributed by atoms with Gasteiger partial charge in [0.2, 0.25) is 11.9 Å². The predicted octanol–water partition coefficient (Wildman–Crippen LogP) is 5.17. The van der Waals surface area contributed by atoms with Gasteiger partial charge in [0.15, 0.2) is 5.65 Å². The maximum atomic E-state index is 14.4. The molecule has 0 bridgehead atoms. The van der Waals surface area contributed by atoms with Crippen LogP contribution in [0.1, 0.15) is 59.4 Å². The number of aromatic nitrogens is 4. The van der Waals surface area contributed by atoms with Crippen LogP contribution in [0.5, 0.6) is 0 Å². The quantitative estimate of drug-likeness (QED) is 0.486. The number of hydrogen-bond donors (Lipinski definition) is 3. The van der Waals surface area contributed by atoms with Crippen molar-refractivity contribution in [3.05, 3.63) is 36.0 Å². The van der Waals surface area contributed by atoms with Gasteiger partial charge < -0.3 is 15.7 Å². The van der Waals surface area contributed by atoms with E-state index in [0.29, 0.717) is 23.1 Å². The van der Waals surface area contributed by atoms with E-state index in [9.17, 15) is 13.9 Å². The summed E-state index contributed by atoms with van der Waals surface area (Å²) in [6.45, 7) is 7.72. The molecule has 2 heterocycles. The molecule has 0 radical (unpaired) electrons. The molecule has 0 amide bonds. The highest BCUT2D eigenvalue weighted by Crippen LogP contribution is 2.40. The number of imidazole rings is 1. The predicted molar refractivity (Wildman–Crippen MR) is 121 cm³/mol. The van der Waals surface area contributed by atoms with E-state index in [0.717, 1.165) is 31.7 Å². The van der Waals surface area contributed by atoms with E-state index in [1.165, 1.54) is 12.1 Å². The van der Waals surface area contributed by atoms with E-state index < -0.39 is 17.2 Å². The molecule has 172 valence electrons. The summed E-state index contributed by atoms with van der Waals surface area (Å²) in [5.41, 5.74) is 0.659. The maximum absolute atomic E-state index is 14.4. The third kappa shape index (κ3) is 4.67. The summed E-state index contributed by atoms with van der Waals surface area (Å²) in [5, 5.41) is 16.7. The van der Waals surface area contributed by atoms with E-state index in [-0.39, 0.29) is 23.7 Å². The first-order chi connectivity index (χ1) is 15.1. The molecule has 1 aliphatic rings. The second-order valence-corrected chi connectivity index (χ2v) is 9.42. The highest BCUT2D eigenvalue weighted by molar-refractivity contribution is 5.76. The molecule has 0 saturated heterocycles. The molecule has 3 N–H and O–H groups in total. The summed E-state index contributed by atoms with van der Waals surface area (Å²) in [5.74, 6) is -0.178. The summed E-state index contributed by atoms with van der Waals surface area (Å²) in [6.07, 6.45) is 5.04.